The second-order valence-corrected chi connectivity index (χ2v) is 5.47. The van der Waals surface area contributed by atoms with Crippen molar-refractivity contribution in [3.05, 3.63) is 45.1 Å². The molecule has 0 fully saturated rings. The van der Waals surface area contributed by atoms with Crippen molar-refractivity contribution in [3.8, 4) is 0 Å². The lowest BCUT2D eigenvalue weighted by atomic mass is 10.1. The summed E-state index contributed by atoms with van der Waals surface area (Å²) >= 11 is 0. The van der Waals surface area contributed by atoms with Crippen LogP contribution in [-0.2, 0) is 11.3 Å². The molecule has 1 aromatic heterocycles. The molecule has 0 radical (unpaired) electrons. The predicted molar refractivity (Wildman–Crippen MR) is 81.3 cm³/mol. The number of rotatable bonds is 4. The molecule has 1 amide bonds. The van der Waals surface area contributed by atoms with Gasteiger partial charge in [0.1, 0.15) is 6.54 Å². The number of fused-ring (bicyclic) bond motifs is 1. The number of hydrogen-bond acceptors (Lipinski definition) is 3. The van der Waals surface area contributed by atoms with Gasteiger partial charge in [-0.2, -0.15) is 0 Å². The number of nitrogens with one attached hydrogen (secondary N) is 2. The van der Waals surface area contributed by atoms with Crippen LogP contribution in [-0.4, -0.2) is 21.5 Å². The Morgan fingerprint density at radius 2 is 1.90 bits per heavy atom. The highest BCUT2D eigenvalue weighted by Gasteiger charge is 2.14. The van der Waals surface area contributed by atoms with E-state index in [-0.39, 0.29) is 24.4 Å². The number of benzene rings is 1. The molecule has 0 aliphatic rings. The van der Waals surface area contributed by atoms with Crippen molar-refractivity contribution in [3.63, 3.8) is 0 Å². The molecule has 6 heteroatoms. The van der Waals surface area contributed by atoms with E-state index in [1.165, 1.54) is 0 Å². The van der Waals surface area contributed by atoms with E-state index in [0.29, 0.717) is 10.9 Å². The highest BCUT2D eigenvalue weighted by Crippen LogP contribution is 2.03. The highest BCUT2D eigenvalue weighted by atomic mass is 16.2. The number of H-pyrrole nitrogens is 1. The first kappa shape index (κ1) is 15.0. The van der Waals surface area contributed by atoms with Gasteiger partial charge in [-0.3, -0.25) is 14.2 Å². The summed E-state index contributed by atoms with van der Waals surface area (Å²) in [5.41, 5.74) is -0.563. The monoisotopic (exact) mass is 289 g/mol. The van der Waals surface area contributed by atoms with Crippen molar-refractivity contribution in [1.82, 2.24) is 14.9 Å². The summed E-state index contributed by atoms with van der Waals surface area (Å²) in [5, 5.41) is 3.17. The van der Waals surface area contributed by atoms with Gasteiger partial charge in [-0.05, 0) is 25.0 Å². The third-order valence-electron chi connectivity index (χ3n) is 3.58. The van der Waals surface area contributed by atoms with Crippen LogP contribution in [0.5, 0.6) is 0 Å². The van der Waals surface area contributed by atoms with Gasteiger partial charge in [0.2, 0.25) is 5.91 Å². The number of carbonyl (C=O) groups is 1. The van der Waals surface area contributed by atoms with Crippen LogP contribution in [0.2, 0.25) is 0 Å². The first-order valence-electron chi connectivity index (χ1n) is 6.91. The largest absolute Gasteiger partial charge is 0.352 e. The van der Waals surface area contributed by atoms with Gasteiger partial charge in [-0.1, -0.05) is 26.0 Å². The Morgan fingerprint density at radius 3 is 2.57 bits per heavy atom. The van der Waals surface area contributed by atoms with Gasteiger partial charge in [-0.25, -0.2) is 4.79 Å². The Kier molecular flexibility index (Phi) is 4.26. The summed E-state index contributed by atoms with van der Waals surface area (Å²) in [5.74, 6) is -0.0698. The summed E-state index contributed by atoms with van der Waals surface area (Å²) in [7, 11) is 0. The van der Waals surface area contributed by atoms with Crippen molar-refractivity contribution >= 4 is 16.8 Å². The fourth-order valence-electron chi connectivity index (χ4n) is 1.95. The Balaban J connectivity index is 2.33. The molecule has 112 valence electrons. The number of aromatic nitrogens is 2. The maximum absolute atomic E-state index is 12.3. The van der Waals surface area contributed by atoms with Crippen LogP contribution in [0.25, 0.3) is 10.9 Å². The summed E-state index contributed by atoms with van der Waals surface area (Å²) in [4.78, 5) is 38.8. The Bertz CT molecular complexity index is 774. The molecule has 2 rings (SSSR count). The molecule has 21 heavy (non-hydrogen) atoms. The number of nitrogens with zero attached hydrogens (tertiary/aromatic N) is 1. The van der Waals surface area contributed by atoms with Crippen LogP contribution in [0.1, 0.15) is 20.8 Å². The smallest absolute Gasteiger partial charge is 0.329 e. The zero-order valence-corrected chi connectivity index (χ0v) is 12.3. The molecule has 2 aromatic rings. The average molecular weight is 289 g/mol. The van der Waals surface area contributed by atoms with E-state index >= 15 is 0 Å². The highest BCUT2D eigenvalue weighted by molar-refractivity contribution is 5.78. The molecule has 1 unspecified atom stereocenters. The average Bonchev–Trinajstić information content (AvgIpc) is 2.43. The van der Waals surface area contributed by atoms with Crippen molar-refractivity contribution < 1.29 is 4.79 Å². The second kappa shape index (κ2) is 5.95. The quantitative estimate of drug-likeness (QED) is 0.875. The lowest BCUT2D eigenvalue weighted by Gasteiger charge is -2.17. The standard InChI is InChI=1S/C15H19N3O3/c1-9(2)10(3)16-13(19)8-18-14(20)11-6-4-5-7-12(11)17-15(18)21/h4-7,9-10H,8H2,1-3H3,(H,16,19)(H,17,21). The molecule has 0 saturated heterocycles. The number of hydrogen-bond donors (Lipinski definition) is 2. The SMILES string of the molecule is CC(C)C(C)NC(=O)Cn1c(=O)[nH]c2ccccc2c1=O. The van der Waals surface area contributed by atoms with Crippen LogP contribution in [0.15, 0.2) is 33.9 Å². The van der Waals surface area contributed by atoms with Crippen LogP contribution < -0.4 is 16.6 Å². The van der Waals surface area contributed by atoms with Crippen molar-refractivity contribution in [2.75, 3.05) is 0 Å². The van der Waals surface area contributed by atoms with E-state index in [1.54, 1.807) is 24.3 Å². The molecule has 0 aliphatic carbocycles. The van der Waals surface area contributed by atoms with Gasteiger partial charge in [-0.15, -0.1) is 0 Å². The third kappa shape index (κ3) is 3.21. The molecule has 1 aromatic carbocycles. The molecule has 1 heterocycles. The van der Waals surface area contributed by atoms with E-state index < -0.39 is 11.2 Å². The predicted octanol–water partition coefficient (Wildman–Crippen LogP) is 0.850. The minimum absolute atomic E-state index is 0.0206. The van der Waals surface area contributed by atoms with E-state index in [0.717, 1.165) is 4.57 Å². The van der Waals surface area contributed by atoms with E-state index in [9.17, 15) is 14.4 Å². The van der Waals surface area contributed by atoms with E-state index in [1.807, 2.05) is 20.8 Å². The lowest BCUT2D eigenvalue weighted by Crippen LogP contribution is -2.43. The fraction of sp³-hybridized carbons (Fsp3) is 0.400. The van der Waals surface area contributed by atoms with Crippen LogP contribution >= 0.6 is 0 Å². The minimum Gasteiger partial charge on any atom is -0.352 e. The third-order valence-corrected chi connectivity index (χ3v) is 3.58. The van der Waals surface area contributed by atoms with Crippen molar-refractivity contribution in [2.24, 2.45) is 5.92 Å². The summed E-state index contributed by atoms with van der Waals surface area (Å²) in [6.45, 7) is 5.58. The number of carbonyl (C=O) groups excluding carboxylic acids is 1. The first-order chi connectivity index (χ1) is 9.90. The molecule has 2 N–H and O–H groups in total. The van der Waals surface area contributed by atoms with E-state index in [2.05, 4.69) is 10.3 Å². The van der Waals surface area contributed by atoms with Gasteiger partial charge >= 0.3 is 5.69 Å². The molecule has 0 bridgehead atoms. The van der Waals surface area contributed by atoms with Gasteiger partial charge in [0, 0.05) is 6.04 Å². The summed E-state index contributed by atoms with van der Waals surface area (Å²) in [6.07, 6.45) is 0. The number of aromatic amines is 1. The van der Waals surface area contributed by atoms with Gasteiger partial charge in [0.25, 0.3) is 5.56 Å². The zero-order chi connectivity index (χ0) is 15.6. The minimum atomic E-state index is -0.578. The van der Waals surface area contributed by atoms with Gasteiger partial charge in [0.15, 0.2) is 0 Å². The van der Waals surface area contributed by atoms with E-state index in [4.69, 9.17) is 0 Å². The van der Waals surface area contributed by atoms with Gasteiger partial charge < -0.3 is 10.3 Å². The maximum atomic E-state index is 12.3. The van der Waals surface area contributed by atoms with Crippen molar-refractivity contribution in [2.45, 2.75) is 33.4 Å². The zero-order valence-electron chi connectivity index (χ0n) is 12.3. The topological polar surface area (TPSA) is 84.0 Å². The Hall–Kier alpha value is -2.37. The van der Waals surface area contributed by atoms with Crippen molar-refractivity contribution in [1.29, 1.82) is 0 Å². The molecule has 0 spiro atoms. The second-order valence-electron chi connectivity index (χ2n) is 5.47. The summed E-state index contributed by atoms with van der Waals surface area (Å²) < 4.78 is 0.921. The first-order valence-corrected chi connectivity index (χ1v) is 6.91. The summed E-state index contributed by atoms with van der Waals surface area (Å²) in [6, 6.07) is 6.71. The number of amides is 1. The van der Waals surface area contributed by atoms with Crippen LogP contribution in [0.3, 0.4) is 0 Å². The molecule has 0 saturated carbocycles. The Labute approximate surface area is 121 Å². The molecular weight excluding hydrogens is 270 g/mol. The molecule has 6 nitrogen and oxygen atoms in total. The lowest BCUT2D eigenvalue weighted by molar-refractivity contribution is -0.122. The normalized spacial score (nSPS) is 12.6. The van der Waals surface area contributed by atoms with Gasteiger partial charge in [0.05, 0.1) is 10.9 Å². The number of para-hydroxylation sites is 1. The maximum Gasteiger partial charge on any atom is 0.329 e. The van der Waals surface area contributed by atoms with Crippen LogP contribution in [0, 0.1) is 5.92 Å². The molecule has 1 atom stereocenters. The molecule has 0 aliphatic heterocycles. The molecular formula is C15H19N3O3. The Morgan fingerprint density at radius 1 is 1.24 bits per heavy atom. The van der Waals surface area contributed by atoms with Crippen LogP contribution in [0.4, 0.5) is 0 Å². The fourth-order valence-corrected chi connectivity index (χ4v) is 1.95.